The van der Waals surface area contributed by atoms with Crippen molar-refractivity contribution in [2.75, 3.05) is 6.54 Å². The van der Waals surface area contributed by atoms with Crippen LogP contribution in [0.5, 0.6) is 0 Å². The summed E-state index contributed by atoms with van der Waals surface area (Å²) in [4.78, 5) is 23.8. The second kappa shape index (κ2) is 6.01. The van der Waals surface area contributed by atoms with Crippen molar-refractivity contribution in [2.45, 2.75) is 20.3 Å². The van der Waals surface area contributed by atoms with Crippen molar-refractivity contribution in [1.29, 1.82) is 0 Å². The Morgan fingerprint density at radius 1 is 1.28 bits per heavy atom. The van der Waals surface area contributed by atoms with E-state index in [0.717, 1.165) is 17.6 Å². The van der Waals surface area contributed by atoms with Crippen molar-refractivity contribution in [2.24, 2.45) is 0 Å². The summed E-state index contributed by atoms with van der Waals surface area (Å²) in [7, 11) is 0. The smallest absolute Gasteiger partial charge is 0.291 e. The van der Waals surface area contributed by atoms with Crippen LogP contribution < -0.4 is 5.32 Å². The fraction of sp³-hybridized carbons (Fsp3) is 0.222. The number of amides is 1. The second-order valence-corrected chi connectivity index (χ2v) is 6.10. The zero-order valence-electron chi connectivity index (χ0n) is 14.1. The van der Waals surface area contributed by atoms with Gasteiger partial charge in [-0.1, -0.05) is 12.1 Å². The Bertz CT molecular complexity index is 1080. The maximum Gasteiger partial charge on any atom is 0.291 e. The second-order valence-electron chi connectivity index (χ2n) is 6.10. The van der Waals surface area contributed by atoms with Gasteiger partial charge < -0.3 is 10.3 Å². The first-order chi connectivity index (χ1) is 12.1. The van der Waals surface area contributed by atoms with Crippen LogP contribution in [0.3, 0.4) is 0 Å². The Morgan fingerprint density at radius 3 is 3.00 bits per heavy atom. The molecule has 0 fully saturated rings. The van der Waals surface area contributed by atoms with Gasteiger partial charge in [0.05, 0.1) is 0 Å². The highest BCUT2D eigenvalue weighted by Crippen LogP contribution is 2.19. The molecule has 0 aliphatic heterocycles. The number of hydrogen-bond donors (Lipinski definition) is 2. The fourth-order valence-electron chi connectivity index (χ4n) is 2.90. The predicted molar refractivity (Wildman–Crippen MR) is 94.6 cm³/mol. The van der Waals surface area contributed by atoms with Crippen LogP contribution in [0.25, 0.3) is 16.7 Å². The summed E-state index contributed by atoms with van der Waals surface area (Å²) in [5.41, 5.74) is 4.39. The van der Waals surface area contributed by atoms with E-state index < -0.39 is 0 Å². The Morgan fingerprint density at radius 2 is 2.16 bits per heavy atom. The number of benzene rings is 1. The third-order valence-corrected chi connectivity index (χ3v) is 4.24. The maximum atomic E-state index is 12.3. The molecule has 4 rings (SSSR count). The van der Waals surface area contributed by atoms with E-state index in [2.05, 4.69) is 50.5 Å². The third-order valence-electron chi connectivity index (χ3n) is 4.24. The molecule has 0 atom stereocenters. The van der Waals surface area contributed by atoms with Crippen LogP contribution >= 0.6 is 0 Å². The summed E-state index contributed by atoms with van der Waals surface area (Å²) in [6, 6.07) is 8.14. The number of carbonyl (C=O) groups is 1. The summed E-state index contributed by atoms with van der Waals surface area (Å²) in [6.45, 7) is 4.48. The van der Waals surface area contributed by atoms with Crippen LogP contribution in [-0.4, -0.2) is 37.0 Å². The van der Waals surface area contributed by atoms with E-state index in [1.54, 1.807) is 10.7 Å². The molecule has 0 saturated heterocycles. The lowest BCUT2D eigenvalue weighted by Gasteiger charge is -2.02. The van der Waals surface area contributed by atoms with E-state index in [-0.39, 0.29) is 11.7 Å². The van der Waals surface area contributed by atoms with E-state index in [1.165, 1.54) is 16.5 Å². The van der Waals surface area contributed by atoms with Gasteiger partial charge in [-0.3, -0.25) is 4.79 Å². The summed E-state index contributed by atoms with van der Waals surface area (Å²) < 4.78 is 1.57. The Hall–Kier alpha value is -3.22. The van der Waals surface area contributed by atoms with Gasteiger partial charge in [0.2, 0.25) is 5.82 Å². The first kappa shape index (κ1) is 15.3. The molecule has 1 amide bonds. The molecule has 7 nitrogen and oxygen atoms in total. The lowest BCUT2D eigenvalue weighted by molar-refractivity contribution is 0.0944. The van der Waals surface area contributed by atoms with Crippen LogP contribution in [0.2, 0.25) is 0 Å². The van der Waals surface area contributed by atoms with Gasteiger partial charge in [-0.15, -0.1) is 5.10 Å². The van der Waals surface area contributed by atoms with Crippen molar-refractivity contribution in [3.05, 3.63) is 59.3 Å². The monoisotopic (exact) mass is 334 g/mol. The molecule has 7 heteroatoms. The minimum atomic E-state index is -0.291. The van der Waals surface area contributed by atoms with Gasteiger partial charge in [0, 0.05) is 35.5 Å². The van der Waals surface area contributed by atoms with Gasteiger partial charge in [-0.05, 0) is 43.5 Å². The molecule has 0 bridgehead atoms. The summed E-state index contributed by atoms with van der Waals surface area (Å²) in [5.74, 6) is 0.272. The quantitative estimate of drug-likeness (QED) is 0.599. The summed E-state index contributed by atoms with van der Waals surface area (Å²) in [5, 5.41) is 8.27. The van der Waals surface area contributed by atoms with Crippen molar-refractivity contribution in [1.82, 2.24) is 29.9 Å². The zero-order valence-corrected chi connectivity index (χ0v) is 14.1. The molecule has 0 radical (unpaired) electrons. The average molecular weight is 334 g/mol. The van der Waals surface area contributed by atoms with Crippen molar-refractivity contribution < 1.29 is 4.79 Å². The number of nitrogens with one attached hydrogen (secondary N) is 2. The molecule has 25 heavy (non-hydrogen) atoms. The number of nitrogens with zero attached hydrogens (tertiary/aromatic N) is 4. The van der Waals surface area contributed by atoms with Gasteiger partial charge in [0.25, 0.3) is 11.7 Å². The van der Waals surface area contributed by atoms with Crippen LogP contribution in [0.4, 0.5) is 0 Å². The molecule has 0 aliphatic rings. The third kappa shape index (κ3) is 2.84. The molecule has 3 heterocycles. The number of H-pyrrole nitrogens is 1. The van der Waals surface area contributed by atoms with Crippen molar-refractivity contribution in [3.63, 3.8) is 0 Å². The van der Waals surface area contributed by atoms with Gasteiger partial charge >= 0.3 is 0 Å². The van der Waals surface area contributed by atoms with Gasteiger partial charge in [-0.2, -0.15) is 4.98 Å². The van der Waals surface area contributed by atoms with Crippen molar-refractivity contribution in [3.8, 4) is 0 Å². The van der Waals surface area contributed by atoms with E-state index >= 15 is 0 Å². The topological polar surface area (TPSA) is 88.0 Å². The molecule has 0 saturated carbocycles. The molecule has 1 aromatic carbocycles. The Labute approximate surface area is 144 Å². The summed E-state index contributed by atoms with van der Waals surface area (Å²) in [6.07, 6.45) is 4.38. The number of aromatic nitrogens is 5. The number of carbonyl (C=O) groups excluding carboxylic acids is 1. The first-order valence-electron chi connectivity index (χ1n) is 8.15. The van der Waals surface area contributed by atoms with Gasteiger partial charge in [0.15, 0.2) is 0 Å². The average Bonchev–Trinajstić information content (AvgIpc) is 3.20. The number of rotatable bonds is 4. The standard InChI is InChI=1S/C18H18N6O/c1-11-3-4-14-13(10-21-15(14)9-11)6-8-19-17(25)16-22-18-20-7-5-12(2)24(18)23-16/h3-5,7,9-10,21H,6,8H2,1-2H3,(H,19,25). The first-order valence-corrected chi connectivity index (χ1v) is 8.15. The molecule has 0 spiro atoms. The van der Waals surface area contributed by atoms with Crippen LogP contribution in [-0.2, 0) is 6.42 Å². The number of aromatic amines is 1. The largest absolute Gasteiger partial charge is 0.361 e. The molecular weight excluding hydrogens is 316 g/mol. The van der Waals surface area contributed by atoms with E-state index in [9.17, 15) is 4.79 Å². The maximum absolute atomic E-state index is 12.3. The Balaban J connectivity index is 1.45. The predicted octanol–water partition coefficient (Wildman–Crippen LogP) is 2.19. The van der Waals surface area contributed by atoms with E-state index in [0.29, 0.717) is 12.3 Å². The van der Waals surface area contributed by atoms with Gasteiger partial charge in [-0.25, -0.2) is 9.50 Å². The fourth-order valence-corrected chi connectivity index (χ4v) is 2.90. The highest BCUT2D eigenvalue weighted by Gasteiger charge is 2.14. The molecule has 2 N–H and O–H groups in total. The molecule has 4 aromatic rings. The molecule has 126 valence electrons. The summed E-state index contributed by atoms with van der Waals surface area (Å²) >= 11 is 0. The van der Waals surface area contributed by atoms with Crippen LogP contribution in [0.1, 0.15) is 27.4 Å². The normalized spacial score (nSPS) is 11.3. The van der Waals surface area contributed by atoms with E-state index in [1.807, 2.05) is 19.2 Å². The lowest BCUT2D eigenvalue weighted by atomic mass is 10.1. The molecule has 3 aromatic heterocycles. The molecule has 0 unspecified atom stereocenters. The number of hydrogen-bond acceptors (Lipinski definition) is 4. The van der Waals surface area contributed by atoms with E-state index in [4.69, 9.17) is 0 Å². The van der Waals surface area contributed by atoms with Crippen molar-refractivity contribution >= 4 is 22.6 Å². The highest BCUT2D eigenvalue weighted by molar-refractivity contribution is 5.91. The molecule has 0 aliphatic carbocycles. The highest BCUT2D eigenvalue weighted by atomic mass is 16.2. The minimum absolute atomic E-state index is 0.136. The lowest BCUT2D eigenvalue weighted by Crippen LogP contribution is -2.26. The number of fused-ring (bicyclic) bond motifs is 2. The zero-order chi connectivity index (χ0) is 17.4. The molecular formula is C18H18N6O. The van der Waals surface area contributed by atoms with Crippen LogP contribution in [0.15, 0.2) is 36.7 Å². The minimum Gasteiger partial charge on any atom is -0.361 e. The van der Waals surface area contributed by atoms with Gasteiger partial charge in [0.1, 0.15) is 0 Å². The Kier molecular flexibility index (Phi) is 3.68. The number of aryl methyl sites for hydroxylation is 2. The SMILES string of the molecule is Cc1ccc2c(CCNC(=O)c3nc4nccc(C)n4n3)c[nH]c2c1. The van der Waals surface area contributed by atoms with Crippen LogP contribution in [0, 0.1) is 13.8 Å².